The summed E-state index contributed by atoms with van der Waals surface area (Å²) < 4.78 is 54.7. The van der Waals surface area contributed by atoms with Crippen molar-refractivity contribution in [1.82, 2.24) is 19.7 Å². The maximum absolute atomic E-state index is 13.1. The van der Waals surface area contributed by atoms with Crippen LogP contribution in [0.25, 0.3) is 21.8 Å². The van der Waals surface area contributed by atoms with Crippen LogP contribution in [0.15, 0.2) is 41.2 Å². The van der Waals surface area contributed by atoms with Gasteiger partial charge < -0.3 is 19.2 Å². The highest BCUT2D eigenvalue weighted by Gasteiger charge is 2.34. The second kappa shape index (κ2) is 8.51. The molecule has 35 heavy (non-hydrogen) atoms. The van der Waals surface area contributed by atoms with Crippen LogP contribution in [0, 0.1) is 0 Å². The quantitative estimate of drug-likeness (QED) is 0.425. The number of alkyl halides is 3. The molecule has 1 aliphatic rings. The van der Waals surface area contributed by atoms with Crippen molar-refractivity contribution in [2.75, 3.05) is 6.61 Å². The fraction of sp³-hybridized carbons (Fsp3) is 0.348. The number of benzene rings is 2. The van der Waals surface area contributed by atoms with Gasteiger partial charge in [-0.1, -0.05) is 29.8 Å². The first-order chi connectivity index (χ1) is 16.5. The number of nitrogens with one attached hydrogen (secondary N) is 1. The molecule has 0 amide bonds. The third-order valence-corrected chi connectivity index (χ3v) is 5.83. The van der Waals surface area contributed by atoms with E-state index in [1.807, 2.05) is 0 Å². The highest BCUT2D eigenvalue weighted by molar-refractivity contribution is 6.32. The summed E-state index contributed by atoms with van der Waals surface area (Å²) in [7, 11) is 0. The minimum Gasteiger partial charge on any atom is -0.404 e. The van der Waals surface area contributed by atoms with Crippen LogP contribution in [0.4, 0.5) is 13.2 Å². The Kier molecular flexibility index (Phi) is 5.73. The number of hydrogen-bond donors (Lipinski definition) is 1. The van der Waals surface area contributed by atoms with Crippen LogP contribution in [0.2, 0.25) is 5.02 Å². The number of ether oxygens (including phenoxy) is 3. The minimum atomic E-state index is -4.88. The lowest BCUT2D eigenvalue weighted by molar-refractivity contribution is -0.274. The van der Waals surface area contributed by atoms with Gasteiger partial charge in [-0.25, -0.2) is 9.67 Å². The van der Waals surface area contributed by atoms with Crippen molar-refractivity contribution in [3.8, 4) is 5.75 Å². The maximum Gasteiger partial charge on any atom is 0.573 e. The summed E-state index contributed by atoms with van der Waals surface area (Å²) in [6.45, 7) is 4.13. The van der Waals surface area contributed by atoms with E-state index in [1.165, 1.54) is 10.7 Å². The molecule has 0 radical (unpaired) electrons. The number of H-pyrrole nitrogens is 1. The molecular weight excluding hydrogens is 489 g/mol. The zero-order valence-electron chi connectivity index (χ0n) is 18.6. The zero-order valence-corrected chi connectivity index (χ0v) is 19.4. The van der Waals surface area contributed by atoms with E-state index in [-0.39, 0.29) is 29.7 Å². The average Bonchev–Trinajstić information content (AvgIpc) is 3.31. The third-order valence-electron chi connectivity index (χ3n) is 5.53. The normalized spacial score (nSPS) is 17.9. The number of aromatic nitrogens is 4. The van der Waals surface area contributed by atoms with Crippen LogP contribution in [-0.2, 0) is 22.4 Å². The van der Waals surface area contributed by atoms with Gasteiger partial charge in [0.25, 0.3) is 5.56 Å². The van der Waals surface area contributed by atoms with Crippen molar-refractivity contribution in [3.05, 3.63) is 63.3 Å². The Morgan fingerprint density at radius 2 is 2.00 bits per heavy atom. The van der Waals surface area contributed by atoms with Crippen molar-refractivity contribution in [3.63, 3.8) is 0 Å². The molecule has 1 atom stereocenters. The number of nitrogens with zero attached hydrogens (tertiary/aromatic N) is 3. The monoisotopic (exact) mass is 508 g/mol. The van der Waals surface area contributed by atoms with E-state index in [1.54, 1.807) is 38.1 Å². The fourth-order valence-electron chi connectivity index (χ4n) is 4.12. The summed E-state index contributed by atoms with van der Waals surface area (Å²) in [6.07, 6.45) is -5.03. The van der Waals surface area contributed by atoms with Gasteiger partial charge in [0.05, 0.1) is 46.7 Å². The van der Waals surface area contributed by atoms with Gasteiger partial charge in [-0.2, -0.15) is 5.10 Å². The predicted octanol–water partition coefficient (Wildman–Crippen LogP) is 4.57. The van der Waals surface area contributed by atoms with Crippen LogP contribution in [-0.4, -0.2) is 44.6 Å². The highest BCUT2D eigenvalue weighted by Crippen LogP contribution is 2.33. The zero-order chi connectivity index (χ0) is 25.0. The molecule has 1 N–H and O–H groups in total. The van der Waals surface area contributed by atoms with Gasteiger partial charge in [0.15, 0.2) is 5.79 Å². The van der Waals surface area contributed by atoms with E-state index >= 15 is 0 Å². The lowest BCUT2D eigenvalue weighted by Crippen LogP contribution is -2.32. The van der Waals surface area contributed by atoms with Crippen molar-refractivity contribution in [2.24, 2.45) is 0 Å². The Morgan fingerprint density at radius 3 is 2.69 bits per heavy atom. The minimum absolute atomic E-state index is 0.191. The SMILES string of the molecule is CC1(C)OCC(Cn2nc(Cc3nc4cc(Cl)c(OC(F)(F)F)cc4[nH]3)c3ccccc3c2=O)O1. The molecule has 1 saturated heterocycles. The molecular formula is C23H20ClF3N4O4. The van der Waals surface area contributed by atoms with E-state index in [0.717, 1.165) is 6.07 Å². The lowest BCUT2D eigenvalue weighted by Gasteiger charge is -2.17. The van der Waals surface area contributed by atoms with Crippen LogP contribution in [0.5, 0.6) is 5.75 Å². The summed E-state index contributed by atoms with van der Waals surface area (Å²) >= 11 is 5.94. The molecule has 0 aliphatic carbocycles. The number of halogens is 4. The summed E-state index contributed by atoms with van der Waals surface area (Å²) in [5.74, 6) is -0.830. The largest absolute Gasteiger partial charge is 0.573 e. The highest BCUT2D eigenvalue weighted by atomic mass is 35.5. The number of fused-ring (bicyclic) bond motifs is 2. The third kappa shape index (κ3) is 4.97. The Morgan fingerprint density at radius 1 is 1.26 bits per heavy atom. The first-order valence-electron chi connectivity index (χ1n) is 10.7. The molecule has 0 saturated carbocycles. The van der Waals surface area contributed by atoms with Crippen molar-refractivity contribution >= 4 is 33.4 Å². The van der Waals surface area contributed by atoms with E-state index in [9.17, 15) is 18.0 Å². The van der Waals surface area contributed by atoms with Gasteiger partial charge in [-0.3, -0.25) is 4.79 Å². The second-order valence-electron chi connectivity index (χ2n) is 8.64. The standard InChI is InChI=1S/C23H20ClF3N4O4/c1-22(2)33-11-12(34-22)10-31-21(32)14-6-4-3-5-13(14)16(30-31)9-20-28-17-7-15(24)19(8-18(17)29-20)35-23(25,26)27/h3-8,12H,9-11H2,1-2H3,(H,28,29). The number of aromatic amines is 1. The summed E-state index contributed by atoms with van der Waals surface area (Å²) in [5.41, 5.74) is 0.995. The smallest absolute Gasteiger partial charge is 0.404 e. The van der Waals surface area contributed by atoms with Crippen LogP contribution in [0.1, 0.15) is 25.4 Å². The number of hydrogen-bond acceptors (Lipinski definition) is 6. The van der Waals surface area contributed by atoms with Crippen molar-refractivity contribution in [1.29, 1.82) is 0 Å². The van der Waals surface area contributed by atoms with Crippen LogP contribution in [0.3, 0.4) is 0 Å². The molecule has 0 spiro atoms. The molecule has 3 heterocycles. The molecule has 5 rings (SSSR count). The Labute approximate surface area is 201 Å². The molecule has 2 aromatic carbocycles. The van der Waals surface area contributed by atoms with E-state index in [4.69, 9.17) is 21.1 Å². The summed E-state index contributed by atoms with van der Waals surface area (Å²) in [6, 6.07) is 9.51. The van der Waals surface area contributed by atoms with Crippen molar-refractivity contribution < 1.29 is 27.4 Å². The number of imidazole rings is 1. The molecule has 2 aromatic heterocycles. The van der Waals surface area contributed by atoms with Gasteiger partial charge in [0.2, 0.25) is 0 Å². The van der Waals surface area contributed by atoms with Gasteiger partial charge in [-0.05, 0) is 26.0 Å². The fourth-order valence-corrected chi connectivity index (χ4v) is 4.31. The first kappa shape index (κ1) is 23.6. The summed E-state index contributed by atoms with van der Waals surface area (Å²) in [5, 5.41) is 5.49. The van der Waals surface area contributed by atoms with E-state index < -0.39 is 17.9 Å². The average molecular weight is 509 g/mol. The second-order valence-corrected chi connectivity index (χ2v) is 9.05. The topological polar surface area (TPSA) is 91.3 Å². The molecule has 1 unspecified atom stereocenters. The Hall–Kier alpha value is -3.15. The molecule has 0 bridgehead atoms. The predicted molar refractivity (Wildman–Crippen MR) is 121 cm³/mol. The van der Waals surface area contributed by atoms with Gasteiger partial charge in [0, 0.05) is 11.5 Å². The number of rotatable bonds is 5. The Balaban J connectivity index is 1.51. The van der Waals surface area contributed by atoms with Crippen molar-refractivity contribution in [2.45, 2.75) is 45.1 Å². The molecule has 184 valence electrons. The summed E-state index contributed by atoms with van der Waals surface area (Å²) in [4.78, 5) is 20.5. The van der Waals surface area contributed by atoms with Crippen LogP contribution >= 0.6 is 11.6 Å². The molecule has 1 fully saturated rings. The lowest BCUT2D eigenvalue weighted by atomic mass is 10.1. The molecule has 4 aromatic rings. The van der Waals surface area contributed by atoms with Gasteiger partial charge in [-0.15, -0.1) is 13.2 Å². The van der Waals surface area contributed by atoms with Crippen LogP contribution < -0.4 is 10.3 Å². The van der Waals surface area contributed by atoms with Gasteiger partial charge >= 0.3 is 6.36 Å². The molecule has 8 nitrogen and oxygen atoms in total. The molecule has 12 heteroatoms. The Bertz CT molecular complexity index is 1480. The molecule has 1 aliphatic heterocycles. The van der Waals surface area contributed by atoms with E-state index in [0.29, 0.717) is 39.9 Å². The maximum atomic E-state index is 13.1. The first-order valence-corrected chi connectivity index (χ1v) is 11.1. The van der Waals surface area contributed by atoms with E-state index in [2.05, 4.69) is 19.8 Å². The van der Waals surface area contributed by atoms with Gasteiger partial charge in [0.1, 0.15) is 17.7 Å².